The summed E-state index contributed by atoms with van der Waals surface area (Å²) in [5, 5.41) is -0.00808. The van der Waals surface area contributed by atoms with Gasteiger partial charge >= 0.3 is 0 Å². The van der Waals surface area contributed by atoms with E-state index in [9.17, 15) is 9.59 Å². The number of benzene rings is 1. The van der Waals surface area contributed by atoms with Gasteiger partial charge in [-0.25, -0.2) is 0 Å². The maximum atomic E-state index is 12.5. The first-order chi connectivity index (χ1) is 14.1. The van der Waals surface area contributed by atoms with Crippen molar-refractivity contribution in [3.8, 4) is 11.5 Å². The largest absolute Gasteiger partial charge is 0.493 e. The molecule has 2 aliphatic heterocycles. The number of methoxy groups -OCH3 is 3. The molecule has 0 aromatic heterocycles. The minimum atomic E-state index is -0.00808. The van der Waals surface area contributed by atoms with Crippen molar-refractivity contribution in [1.82, 2.24) is 9.80 Å². The van der Waals surface area contributed by atoms with Crippen LogP contribution in [0.5, 0.6) is 11.5 Å². The number of carbonyl (C=O) groups excluding carboxylic acids is 2. The van der Waals surface area contributed by atoms with E-state index >= 15 is 0 Å². The van der Waals surface area contributed by atoms with Crippen LogP contribution in [0.1, 0.15) is 10.9 Å². The summed E-state index contributed by atoms with van der Waals surface area (Å²) >= 11 is 1.64. The Hall–Kier alpha value is -1.97. The molecule has 0 aliphatic carbocycles. The van der Waals surface area contributed by atoms with Crippen LogP contribution in [0.4, 0.5) is 0 Å². The van der Waals surface area contributed by atoms with Crippen LogP contribution in [0.2, 0.25) is 0 Å². The highest BCUT2D eigenvalue weighted by Gasteiger charge is 2.34. The van der Waals surface area contributed by atoms with Crippen LogP contribution in [0, 0.1) is 0 Å². The topological polar surface area (TPSA) is 72.8 Å². The molecule has 0 unspecified atom stereocenters. The molecule has 1 atom stereocenters. The fraction of sp³-hybridized carbons (Fsp3) is 0.600. The van der Waals surface area contributed by atoms with Crippen LogP contribution < -0.4 is 14.4 Å². The lowest BCUT2D eigenvalue weighted by Crippen LogP contribution is -3.15. The lowest BCUT2D eigenvalue weighted by molar-refractivity contribution is -0.903. The van der Waals surface area contributed by atoms with Gasteiger partial charge < -0.3 is 28.9 Å². The van der Waals surface area contributed by atoms with E-state index in [2.05, 4.69) is 0 Å². The molecule has 29 heavy (non-hydrogen) atoms. The maximum absolute atomic E-state index is 12.5. The second-order valence-corrected chi connectivity index (χ2v) is 8.25. The van der Waals surface area contributed by atoms with Gasteiger partial charge in [-0.2, -0.15) is 0 Å². The van der Waals surface area contributed by atoms with Gasteiger partial charge in [0.25, 0.3) is 0 Å². The maximum Gasteiger partial charge on any atom is 0.248 e. The zero-order chi connectivity index (χ0) is 20.8. The smallest absolute Gasteiger partial charge is 0.248 e. The molecule has 2 aliphatic rings. The Bertz CT molecular complexity index is 724. The minimum absolute atomic E-state index is 0.00808. The van der Waals surface area contributed by atoms with Crippen LogP contribution in [-0.4, -0.2) is 94.6 Å². The number of amides is 2. The normalized spacial score (nSPS) is 20.2. The van der Waals surface area contributed by atoms with E-state index in [4.69, 9.17) is 14.2 Å². The lowest BCUT2D eigenvalue weighted by atomic mass is 10.1. The first-order valence-electron chi connectivity index (χ1n) is 9.80. The van der Waals surface area contributed by atoms with E-state index in [1.54, 1.807) is 33.1 Å². The zero-order valence-electron chi connectivity index (χ0n) is 17.3. The molecule has 0 spiro atoms. The molecule has 3 rings (SSSR count). The third kappa shape index (κ3) is 5.15. The predicted molar refractivity (Wildman–Crippen MR) is 110 cm³/mol. The number of nitrogens with zero attached hydrogens (tertiary/aromatic N) is 2. The molecule has 0 bridgehead atoms. The van der Waals surface area contributed by atoms with Crippen molar-refractivity contribution in [2.45, 2.75) is 5.37 Å². The Morgan fingerprint density at radius 1 is 1.17 bits per heavy atom. The van der Waals surface area contributed by atoms with Crippen molar-refractivity contribution < 1.29 is 28.7 Å². The number of carbonyl (C=O) groups is 2. The quantitative estimate of drug-likeness (QED) is 0.615. The number of hydrogen-bond acceptors (Lipinski definition) is 6. The van der Waals surface area contributed by atoms with Crippen molar-refractivity contribution >= 4 is 23.6 Å². The van der Waals surface area contributed by atoms with Gasteiger partial charge in [-0.15, -0.1) is 11.8 Å². The number of hydrogen-bond donors (Lipinski definition) is 1. The van der Waals surface area contributed by atoms with E-state index in [1.807, 2.05) is 28.0 Å². The lowest BCUT2D eigenvalue weighted by Gasteiger charge is -2.33. The molecule has 0 radical (unpaired) electrons. The highest BCUT2D eigenvalue weighted by molar-refractivity contribution is 8.00. The number of rotatable bonds is 8. The van der Waals surface area contributed by atoms with Gasteiger partial charge in [0.1, 0.15) is 12.0 Å². The summed E-state index contributed by atoms with van der Waals surface area (Å²) in [6.07, 6.45) is 0. The molecule has 9 heteroatoms. The molecule has 2 amide bonds. The number of quaternary nitrogens is 1. The van der Waals surface area contributed by atoms with Crippen LogP contribution in [-0.2, 0) is 14.3 Å². The summed E-state index contributed by atoms with van der Waals surface area (Å²) in [5.41, 5.74) is 1.04. The molecule has 1 aromatic rings. The van der Waals surface area contributed by atoms with Gasteiger partial charge in [0.05, 0.1) is 59.2 Å². The van der Waals surface area contributed by atoms with E-state index < -0.39 is 0 Å². The average molecular weight is 425 g/mol. The fourth-order valence-electron chi connectivity index (χ4n) is 3.79. The fourth-order valence-corrected chi connectivity index (χ4v) is 5.00. The number of ether oxygens (including phenoxy) is 3. The van der Waals surface area contributed by atoms with Crippen LogP contribution in [0.15, 0.2) is 18.2 Å². The number of thioether (sulfide) groups is 1. The van der Waals surface area contributed by atoms with Gasteiger partial charge in [-0.1, -0.05) is 6.07 Å². The van der Waals surface area contributed by atoms with Gasteiger partial charge in [-0.05, 0) is 17.7 Å². The monoisotopic (exact) mass is 424 g/mol. The molecule has 8 nitrogen and oxygen atoms in total. The Kier molecular flexibility index (Phi) is 7.63. The number of nitrogens with one attached hydrogen (secondary N) is 1. The van der Waals surface area contributed by atoms with Gasteiger partial charge in [0.15, 0.2) is 11.5 Å². The van der Waals surface area contributed by atoms with Gasteiger partial charge in [-0.3, -0.25) is 9.59 Å². The molecule has 2 saturated heterocycles. The highest BCUT2D eigenvalue weighted by Crippen LogP contribution is 2.41. The van der Waals surface area contributed by atoms with Gasteiger partial charge in [0.2, 0.25) is 11.8 Å². The summed E-state index contributed by atoms with van der Waals surface area (Å²) in [7, 11) is 4.77. The van der Waals surface area contributed by atoms with Crippen molar-refractivity contribution in [3.63, 3.8) is 0 Å². The number of piperazine rings is 1. The standard InChI is InChI=1S/C20H29N3O5S/c1-26-13-18(24)22-9-6-21(7-10-22)8-11-23-19(25)14-29-20(23)15-4-5-16(27-2)17(12-15)28-3/h4-5,12,20H,6-11,13-14H2,1-3H3/p+1/t20-/m0/s1. The molecular weight excluding hydrogens is 394 g/mol. The summed E-state index contributed by atoms with van der Waals surface area (Å²) in [4.78, 5) is 29.7. The summed E-state index contributed by atoms with van der Waals surface area (Å²) in [6, 6.07) is 5.84. The molecule has 2 fully saturated rings. The van der Waals surface area contributed by atoms with E-state index in [1.165, 1.54) is 4.90 Å². The third-order valence-electron chi connectivity index (χ3n) is 5.46. The van der Waals surface area contributed by atoms with Gasteiger partial charge in [0, 0.05) is 7.11 Å². The average Bonchev–Trinajstić information content (AvgIpc) is 3.12. The first kappa shape index (κ1) is 21.7. The van der Waals surface area contributed by atoms with Crippen LogP contribution in [0.25, 0.3) is 0 Å². The van der Waals surface area contributed by atoms with Crippen molar-refractivity contribution in [2.24, 2.45) is 0 Å². The molecule has 160 valence electrons. The Labute approximate surface area is 176 Å². The SMILES string of the molecule is COCC(=O)N1CC[NH+](CCN2C(=O)CS[C@H]2c2ccc(OC)c(OC)c2)CC1. The van der Waals surface area contributed by atoms with Crippen LogP contribution in [0.3, 0.4) is 0 Å². The summed E-state index contributed by atoms with van der Waals surface area (Å²) in [5.74, 6) is 2.07. The third-order valence-corrected chi connectivity index (χ3v) is 6.71. The Balaban J connectivity index is 1.57. The second kappa shape index (κ2) is 10.2. The van der Waals surface area contributed by atoms with Crippen molar-refractivity contribution in [1.29, 1.82) is 0 Å². The predicted octanol–water partition coefficient (Wildman–Crippen LogP) is -0.349. The Morgan fingerprint density at radius 3 is 2.55 bits per heavy atom. The molecule has 2 heterocycles. The van der Waals surface area contributed by atoms with Crippen molar-refractivity contribution in [2.75, 3.05) is 73.0 Å². The summed E-state index contributed by atoms with van der Waals surface area (Å²) in [6.45, 7) is 4.98. The van der Waals surface area contributed by atoms with E-state index in [0.29, 0.717) is 23.8 Å². The molecular formula is C20H30N3O5S+. The molecule has 1 N–H and O–H groups in total. The molecule has 0 saturated carbocycles. The second-order valence-electron chi connectivity index (χ2n) is 7.18. The molecule has 1 aromatic carbocycles. The Morgan fingerprint density at radius 2 is 1.90 bits per heavy atom. The summed E-state index contributed by atoms with van der Waals surface area (Å²) < 4.78 is 15.7. The first-order valence-corrected chi connectivity index (χ1v) is 10.9. The highest BCUT2D eigenvalue weighted by atomic mass is 32.2. The van der Waals surface area contributed by atoms with E-state index in [0.717, 1.165) is 38.3 Å². The minimum Gasteiger partial charge on any atom is -0.493 e. The zero-order valence-corrected chi connectivity index (χ0v) is 18.1. The van der Waals surface area contributed by atoms with Crippen molar-refractivity contribution in [3.05, 3.63) is 23.8 Å². The van der Waals surface area contributed by atoms with E-state index in [-0.39, 0.29) is 23.8 Å². The van der Waals surface area contributed by atoms with Crippen LogP contribution >= 0.6 is 11.8 Å².